The van der Waals surface area contributed by atoms with Crippen LogP contribution in [0.2, 0.25) is 5.02 Å². The van der Waals surface area contributed by atoms with Gasteiger partial charge in [0.25, 0.3) is 0 Å². The summed E-state index contributed by atoms with van der Waals surface area (Å²) in [5.74, 6) is -1.19. The number of ether oxygens (including phenoxy) is 1. The number of carboxylic acids is 1. The Morgan fingerprint density at radius 1 is 1.08 bits per heavy atom. The molecule has 0 radical (unpaired) electrons. The molecule has 0 atom stereocenters. The van der Waals surface area contributed by atoms with Gasteiger partial charge in [0.2, 0.25) is 5.91 Å². The largest absolute Gasteiger partial charge is 0.492 e. The van der Waals surface area contributed by atoms with E-state index in [1.807, 2.05) is 6.07 Å². The van der Waals surface area contributed by atoms with Crippen LogP contribution in [0.15, 0.2) is 30.3 Å². The molecule has 1 aliphatic rings. The first-order valence-electron chi connectivity index (χ1n) is 7.60. The first-order valence-corrected chi connectivity index (χ1v) is 7.98. The third kappa shape index (κ3) is 3.08. The molecule has 1 heterocycles. The number of rotatable bonds is 3. The number of amides is 1. The minimum atomic E-state index is -1.03. The van der Waals surface area contributed by atoms with E-state index >= 15 is 0 Å². The minimum Gasteiger partial charge on any atom is -0.492 e. The van der Waals surface area contributed by atoms with Crippen molar-refractivity contribution in [2.75, 3.05) is 6.61 Å². The van der Waals surface area contributed by atoms with Gasteiger partial charge >= 0.3 is 5.97 Å². The quantitative estimate of drug-likeness (QED) is 0.890. The molecule has 1 aliphatic heterocycles. The van der Waals surface area contributed by atoms with Gasteiger partial charge in [-0.2, -0.15) is 0 Å². The number of hydrogen-bond acceptors (Lipinski definition) is 3. The lowest BCUT2D eigenvalue weighted by atomic mass is 9.96. The fourth-order valence-corrected chi connectivity index (χ4v) is 3.13. The van der Waals surface area contributed by atoms with Crippen LogP contribution in [0.1, 0.15) is 39.1 Å². The molecular formula is C18H16ClNO4. The zero-order valence-corrected chi connectivity index (χ0v) is 13.6. The van der Waals surface area contributed by atoms with Crippen molar-refractivity contribution in [2.24, 2.45) is 5.73 Å². The van der Waals surface area contributed by atoms with Gasteiger partial charge in [-0.25, -0.2) is 4.79 Å². The lowest BCUT2D eigenvalue weighted by Crippen LogP contribution is -2.11. The lowest BCUT2D eigenvalue weighted by molar-refractivity contribution is 0.0692. The molecule has 0 aliphatic carbocycles. The molecule has 2 aromatic rings. The van der Waals surface area contributed by atoms with E-state index in [-0.39, 0.29) is 16.1 Å². The van der Waals surface area contributed by atoms with Crippen LogP contribution >= 0.6 is 11.6 Å². The topological polar surface area (TPSA) is 89.6 Å². The Hall–Kier alpha value is -2.53. The Labute approximate surface area is 144 Å². The van der Waals surface area contributed by atoms with Crippen molar-refractivity contribution in [1.29, 1.82) is 0 Å². The molecule has 0 fully saturated rings. The number of fused-ring (bicyclic) bond motifs is 1. The minimum absolute atomic E-state index is 0.138. The third-order valence-corrected chi connectivity index (χ3v) is 4.36. The summed E-state index contributed by atoms with van der Waals surface area (Å²) < 4.78 is 5.64. The van der Waals surface area contributed by atoms with Crippen molar-refractivity contribution in [3.63, 3.8) is 0 Å². The Kier molecular flexibility index (Phi) is 4.44. The molecule has 0 spiro atoms. The fraction of sp³-hybridized carbons (Fsp3) is 0.222. The SMILES string of the molecule is NC(=O)c1ccc(-c2cc3c(c(C(=O)O)c2)OCCCC3)cc1Cl. The van der Waals surface area contributed by atoms with Gasteiger partial charge in [-0.15, -0.1) is 0 Å². The summed E-state index contributed by atoms with van der Waals surface area (Å²) in [5, 5.41) is 9.75. The van der Waals surface area contributed by atoms with Gasteiger partial charge < -0.3 is 15.6 Å². The molecule has 3 N–H and O–H groups in total. The number of carbonyl (C=O) groups excluding carboxylic acids is 1. The van der Waals surface area contributed by atoms with E-state index in [0.717, 1.165) is 36.0 Å². The summed E-state index contributed by atoms with van der Waals surface area (Å²) >= 11 is 6.10. The standard InChI is InChI=1S/C18H16ClNO4/c19-15-9-10(4-5-13(15)17(20)21)12-7-11-3-1-2-6-24-16(11)14(8-12)18(22)23/h4-5,7-9H,1-3,6H2,(H2,20,21)(H,22,23). The van der Waals surface area contributed by atoms with Crippen LogP contribution < -0.4 is 10.5 Å². The van der Waals surface area contributed by atoms with Crippen molar-refractivity contribution in [2.45, 2.75) is 19.3 Å². The maximum absolute atomic E-state index is 11.6. The van der Waals surface area contributed by atoms with E-state index < -0.39 is 11.9 Å². The van der Waals surface area contributed by atoms with E-state index in [9.17, 15) is 14.7 Å². The molecule has 6 heteroatoms. The molecule has 0 bridgehead atoms. The maximum Gasteiger partial charge on any atom is 0.339 e. The summed E-state index contributed by atoms with van der Waals surface area (Å²) in [6.07, 6.45) is 2.59. The summed E-state index contributed by atoms with van der Waals surface area (Å²) in [6, 6.07) is 8.36. The average Bonchev–Trinajstić information content (AvgIpc) is 2.78. The van der Waals surface area contributed by atoms with E-state index in [4.69, 9.17) is 22.1 Å². The van der Waals surface area contributed by atoms with Crippen LogP contribution in [0.25, 0.3) is 11.1 Å². The maximum atomic E-state index is 11.6. The molecule has 0 saturated heterocycles. The zero-order chi connectivity index (χ0) is 17.3. The van der Waals surface area contributed by atoms with Crippen molar-refractivity contribution in [3.05, 3.63) is 52.0 Å². The summed E-state index contributed by atoms with van der Waals surface area (Å²) in [5.41, 5.74) is 7.94. The highest BCUT2D eigenvalue weighted by Gasteiger charge is 2.20. The number of aromatic carboxylic acids is 1. The molecule has 0 unspecified atom stereocenters. The average molecular weight is 346 g/mol. The number of carboxylic acid groups (broad SMARTS) is 1. The molecule has 2 aromatic carbocycles. The Morgan fingerprint density at radius 2 is 1.88 bits per heavy atom. The van der Waals surface area contributed by atoms with E-state index in [2.05, 4.69) is 0 Å². The number of aryl methyl sites for hydroxylation is 1. The second-order valence-electron chi connectivity index (χ2n) is 5.68. The highest BCUT2D eigenvalue weighted by atomic mass is 35.5. The first-order chi connectivity index (χ1) is 11.5. The number of nitrogens with two attached hydrogens (primary N) is 1. The molecule has 1 amide bonds. The van der Waals surface area contributed by atoms with Crippen molar-refractivity contribution in [3.8, 4) is 16.9 Å². The number of hydrogen-bond donors (Lipinski definition) is 2. The van der Waals surface area contributed by atoms with Gasteiger partial charge in [0.05, 0.1) is 17.2 Å². The van der Waals surface area contributed by atoms with E-state index in [1.165, 1.54) is 0 Å². The van der Waals surface area contributed by atoms with E-state index in [0.29, 0.717) is 12.4 Å². The smallest absolute Gasteiger partial charge is 0.339 e. The second kappa shape index (κ2) is 6.53. The highest BCUT2D eigenvalue weighted by Crippen LogP contribution is 2.35. The molecule has 24 heavy (non-hydrogen) atoms. The van der Waals surface area contributed by atoms with Gasteiger partial charge in [-0.05, 0) is 60.2 Å². The Morgan fingerprint density at radius 3 is 2.54 bits per heavy atom. The van der Waals surface area contributed by atoms with Crippen LogP contribution in [0, 0.1) is 0 Å². The summed E-state index contributed by atoms with van der Waals surface area (Å²) in [4.78, 5) is 22.9. The number of benzene rings is 2. The molecular weight excluding hydrogens is 330 g/mol. The Balaban J connectivity index is 2.13. The second-order valence-corrected chi connectivity index (χ2v) is 6.09. The molecule has 0 aromatic heterocycles. The predicted octanol–water partition coefficient (Wildman–Crippen LogP) is 3.52. The van der Waals surface area contributed by atoms with Crippen LogP contribution in [-0.2, 0) is 6.42 Å². The van der Waals surface area contributed by atoms with Crippen LogP contribution in [-0.4, -0.2) is 23.6 Å². The number of carbonyl (C=O) groups is 2. The van der Waals surface area contributed by atoms with Crippen LogP contribution in [0.5, 0.6) is 5.75 Å². The number of primary amides is 1. The van der Waals surface area contributed by atoms with Crippen molar-refractivity contribution >= 4 is 23.5 Å². The highest BCUT2D eigenvalue weighted by molar-refractivity contribution is 6.34. The van der Waals surface area contributed by atoms with Crippen LogP contribution in [0.4, 0.5) is 0 Å². The summed E-state index contributed by atoms with van der Waals surface area (Å²) in [6.45, 7) is 0.520. The van der Waals surface area contributed by atoms with Crippen LogP contribution in [0.3, 0.4) is 0 Å². The monoisotopic (exact) mass is 345 g/mol. The molecule has 124 valence electrons. The Bertz CT molecular complexity index is 832. The fourth-order valence-electron chi connectivity index (χ4n) is 2.86. The number of halogens is 1. The van der Waals surface area contributed by atoms with Gasteiger partial charge in [0.15, 0.2) is 0 Å². The van der Waals surface area contributed by atoms with Crippen molar-refractivity contribution in [1.82, 2.24) is 0 Å². The van der Waals surface area contributed by atoms with Gasteiger partial charge in [0, 0.05) is 0 Å². The molecule has 5 nitrogen and oxygen atoms in total. The third-order valence-electron chi connectivity index (χ3n) is 4.05. The zero-order valence-electron chi connectivity index (χ0n) is 12.8. The molecule has 0 saturated carbocycles. The predicted molar refractivity (Wildman–Crippen MR) is 90.8 cm³/mol. The van der Waals surface area contributed by atoms with Crippen molar-refractivity contribution < 1.29 is 19.4 Å². The first kappa shape index (κ1) is 16.3. The van der Waals surface area contributed by atoms with Gasteiger partial charge in [-0.1, -0.05) is 17.7 Å². The molecule has 3 rings (SSSR count). The lowest BCUT2D eigenvalue weighted by Gasteiger charge is -2.14. The van der Waals surface area contributed by atoms with Gasteiger partial charge in [0.1, 0.15) is 11.3 Å². The van der Waals surface area contributed by atoms with Gasteiger partial charge in [-0.3, -0.25) is 4.79 Å². The normalized spacial score (nSPS) is 13.5. The summed E-state index contributed by atoms with van der Waals surface area (Å²) in [7, 11) is 0. The van der Waals surface area contributed by atoms with E-state index in [1.54, 1.807) is 24.3 Å².